The first kappa shape index (κ1) is 22.5. The predicted octanol–water partition coefficient (Wildman–Crippen LogP) is 4.07. The Hall–Kier alpha value is -3.15. The summed E-state index contributed by atoms with van der Waals surface area (Å²) in [5, 5.41) is 16.1. The minimum Gasteiger partial charge on any atom is -0.497 e. The number of anilines is 1. The van der Waals surface area contributed by atoms with Crippen LogP contribution < -0.4 is 20.1 Å². The Bertz CT molecular complexity index is 1060. The molecule has 1 aliphatic heterocycles. The Labute approximate surface area is 189 Å². The van der Waals surface area contributed by atoms with Crippen molar-refractivity contribution in [3.63, 3.8) is 0 Å². The highest BCUT2D eigenvalue weighted by molar-refractivity contribution is 8.03. The lowest BCUT2D eigenvalue weighted by Crippen LogP contribution is -2.31. The van der Waals surface area contributed by atoms with Gasteiger partial charge in [0.2, 0.25) is 11.8 Å². The summed E-state index contributed by atoms with van der Waals surface area (Å²) in [4.78, 5) is 24.7. The van der Waals surface area contributed by atoms with E-state index < -0.39 is 0 Å². The van der Waals surface area contributed by atoms with Gasteiger partial charge in [-0.2, -0.15) is 5.26 Å². The Balaban J connectivity index is 1.76. The van der Waals surface area contributed by atoms with Crippen LogP contribution in [0.5, 0.6) is 11.5 Å². The molecule has 2 amide bonds. The van der Waals surface area contributed by atoms with Crippen molar-refractivity contribution in [1.29, 1.82) is 5.26 Å². The summed E-state index contributed by atoms with van der Waals surface area (Å²) in [5.41, 5.74) is 1.69. The number of allylic oxidation sites excluding steroid dienone is 1. The molecule has 0 bridgehead atoms. The summed E-state index contributed by atoms with van der Waals surface area (Å²) >= 11 is 7.09. The van der Waals surface area contributed by atoms with Crippen LogP contribution in [-0.4, -0.2) is 31.8 Å². The predicted molar refractivity (Wildman–Crippen MR) is 120 cm³/mol. The first-order valence-electron chi connectivity index (χ1n) is 9.29. The third kappa shape index (κ3) is 5.51. The van der Waals surface area contributed by atoms with Crippen molar-refractivity contribution in [2.75, 3.05) is 25.3 Å². The topological polar surface area (TPSA) is 100 Å². The second-order valence-electron chi connectivity index (χ2n) is 6.61. The molecule has 0 radical (unpaired) electrons. The second-order valence-corrected chi connectivity index (χ2v) is 8.04. The summed E-state index contributed by atoms with van der Waals surface area (Å²) in [6.45, 7) is 0. The molecule has 2 aromatic rings. The van der Waals surface area contributed by atoms with Crippen molar-refractivity contribution < 1.29 is 19.1 Å². The van der Waals surface area contributed by atoms with Crippen LogP contribution in [0.15, 0.2) is 53.1 Å². The third-order valence-electron chi connectivity index (χ3n) is 4.66. The molecule has 0 spiro atoms. The van der Waals surface area contributed by atoms with Gasteiger partial charge in [-0.15, -0.1) is 0 Å². The number of ether oxygens (including phenoxy) is 2. The van der Waals surface area contributed by atoms with Crippen LogP contribution in [-0.2, 0) is 9.59 Å². The summed E-state index contributed by atoms with van der Waals surface area (Å²) in [7, 11) is 3.07. The minimum absolute atomic E-state index is 0.00814. The fourth-order valence-electron chi connectivity index (χ4n) is 3.16. The van der Waals surface area contributed by atoms with Crippen molar-refractivity contribution >= 4 is 40.9 Å². The van der Waals surface area contributed by atoms with Crippen LogP contribution in [0.4, 0.5) is 5.69 Å². The van der Waals surface area contributed by atoms with Gasteiger partial charge in [-0.3, -0.25) is 9.59 Å². The molecule has 160 valence electrons. The quantitative estimate of drug-likeness (QED) is 0.650. The van der Waals surface area contributed by atoms with E-state index in [4.69, 9.17) is 21.1 Å². The minimum atomic E-state index is -0.386. The molecule has 0 aliphatic carbocycles. The third-order valence-corrected chi connectivity index (χ3v) is 5.91. The van der Waals surface area contributed by atoms with E-state index in [9.17, 15) is 14.9 Å². The number of benzene rings is 2. The average molecular weight is 458 g/mol. The maximum Gasteiger partial charge on any atom is 0.234 e. The lowest BCUT2D eigenvalue weighted by Gasteiger charge is -2.25. The van der Waals surface area contributed by atoms with E-state index in [2.05, 4.69) is 16.7 Å². The highest BCUT2D eigenvalue weighted by atomic mass is 35.5. The van der Waals surface area contributed by atoms with E-state index in [1.165, 1.54) is 7.11 Å². The Morgan fingerprint density at radius 1 is 1.26 bits per heavy atom. The van der Waals surface area contributed by atoms with Gasteiger partial charge in [-0.25, -0.2) is 0 Å². The molecule has 1 heterocycles. The normalized spacial score (nSPS) is 15.7. The van der Waals surface area contributed by atoms with Crippen LogP contribution in [0.3, 0.4) is 0 Å². The molecule has 31 heavy (non-hydrogen) atoms. The number of nitrogens with one attached hydrogen (secondary N) is 2. The molecule has 2 N–H and O–H groups in total. The molecule has 7 nitrogen and oxygen atoms in total. The van der Waals surface area contributed by atoms with Crippen molar-refractivity contribution in [1.82, 2.24) is 5.32 Å². The molecule has 0 aromatic heterocycles. The maximum absolute atomic E-state index is 12.5. The highest BCUT2D eigenvalue weighted by Gasteiger charge is 2.30. The SMILES string of the molecule is COc1ccc(C2CC(=O)NC(SCC(=O)Nc3cc(Cl)ccc3OC)=C2C#N)cc1. The molecule has 0 saturated heterocycles. The summed E-state index contributed by atoms with van der Waals surface area (Å²) in [5.74, 6) is 0.240. The van der Waals surface area contributed by atoms with Gasteiger partial charge in [-0.1, -0.05) is 35.5 Å². The number of thioether (sulfide) groups is 1. The number of methoxy groups -OCH3 is 2. The molecular formula is C22H20ClN3O4S. The lowest BCUT2D eigenvalue weighted by molar-refractivity contribution is -0.121. The van der Waals surface area contributed by atoms with Crippen LogP contribution >= 0.6 is 23.4 Å². The van der Waals surface area contributed by atoms with Crippen molar-refractivity contribution in [3.05, 3.63) is 63.7 Å². The molecule has 0 fully saturated rings. The van der Waals surface area contributed by atoms with Gasteiger partial charge in [-0.05, 0) is 35.9 Å². The number of hydrogen-bond donors (Lipinski definition) is 2. The molecule has 0 saturated carbocycles. The van der Waals surface area contributed by atoms with Crippen LogP contribution in [0.25, 0.3) is 0 Å². The molecule has 1 unspecified atom stereocenters. The molecule has 9 heteroatoms. The maximum atomic E-state index is 12.5. The Kier molecular flexibility index (Phi) is 7.45. The van der Waals surface area contributed by atoms with E-state index in [-0.39, 0.29) is 29.9 Å². The number of halogens is 1. The lowest BCUT2D eigenvalue weighted by atomic mass is 9.87. The average Bonchev–Trinajstić information content (AvgIpc) is 2.77. The van der Waals surface area contributed by atoms with Crippen molar-refractivity contribution in [2.24, 2.45) is 0 Å². The van der Waals surface area contributed by atoms with E-state index in [1.807, 2.05) is 12.1 Å². The molecule has 1 aliphatic rings. The van der Waals surface area contributed by atoms with Gasteiger partial charge in [0.1, 0.15) is 11.5 Å². The summed E-state index contributed by atoms with van der Waals surface area (Å²) in [6.07, 6.45) is 0.158. The Morgan fingerprint density at radius 2 is 2.00 bits per heavy atom. The number of amides is 2. The van der Waals surface area contributed by atoms with Crippen molar-refractivity contribution in [2.45, 2.75) is 12.3 Å². The number of rotatable bonds is 7. The molecule has 2 aromatic carbocycles. The number of nitrogens with zero attached hydrogens (tertiary/aromatic N) is 1. The van der Waals surface area contributed by atoms with Gasteiger partial charge in [0.15, 0.2) is 0 Å². The van der Waals surface area contributed by atoms with E-state index in [0.29, 0.717) is 32.8 Å². The van der Waals surface area contributed by atoms with Gasteiger partial charge in [0.05, 0.1) is 42.3 Å². The number of carbonyl (C=O) groups excluding carboxylic acids is 2. The van der Waals surface area contributed by atoms with Gasteiger partial charge in [0.25, 0.3) is 0 Å². The molecule has 3 rings (SSSR count). The van der Waals surface area contributed by atoms with E-state index in [0.717, 1.165) is 17.3 Å². The zero-order valence-electron chi connectivity index (χ0n) is 16.9. The Morgan fingerprint density at radius 3 is 2.65 bits per heavy atom. The van der Waals surface area contributed by atoms with Crippen molar-refractivity contribution in [3.8, 4) is 17.6 Å². The first-order chi connectivity index (χ1) is 14.9. The van der Waals surface area contributed by atoms with Crippen LogP contribution in [0, 0.1) is 11.3 Å². The molecule has 1 atom stereocenters. The van der Waals surface area contributed by atoms with Gasteiger partial charge >= 0.3 is 0 Å². The zero-order valence-corrected chi connectivity index (χ0v) is 18.5. The van der Waals surface area contributed by atoms with Gasteiger partial charge in [0, 0.05) is 17.4 Å². The number of hydrogen-bond acceptors (Lipinski definition) is 6. The second kappa shape index (κ2) is 10.2. The first-order valence-corrected chi connectivity index (χ1v) is 10.7. The molecular weight excluding hydrogens is 438 g/mol. The van der Waals surface area contributed by atoms with Crippen LogP contribution in [0.1, 0.15) is 17.9 Å². The van der Waals surface area contributed by atoms with E-state index in [1.54, 1.807) is 37.4 Å². The number of carbonyl (C=O) groups is 2. The van der Waals surface area contributed by atoms with Gasteiger partial charge < -0.3 is 20.1 Å². The fraction of sp³-hybridized carbons (Fsp3) is 0.227. The summed E-state index contributed by atoms with van der Waals surface area (Å²) < 4.78 is 10.4. The van der Waals surface area contributed by atoms with Crippen LogP contribution in [0.2, 0.25) is 5.02 Å². The zero-order chi connectivity index (χ0) is 22.4. The highest BCUT2D eigenvalue weighted by Crippen LogP contribution is 2.36. The monoisotopic (exact) mass is 457 g/mol. The largest absolute Gasteiger partial charge is 0.497 e. The fourth-order valence-corrected chi connectivity index (χ4v) is 4.20. The standard InChI is InChI=1S/C22H20ClN3O4S/c1-29-15-6-3-13(4-7-15)16-10-20(27)26-22(17(16)11-24)31-12-21(28)25-18-9-14(23)5-8-19(18)30-2/h3-9,16H,10,12H2,1-2H3,(H,25,28)(H,26,27). The summed E-state index contributed by atoms with van der Waals surface area (Å²) in [6, 6.07) is 14.3. The van der Waals surface area contributed by atoms with E-state index >= 15 is 0 Å². The number of nitriles is 1. The smallest absolute Gasteiger partial charge is 0.234 e.